The Hall–Kier alpha value is -7.37. The van der Waals surface area contributed by atoms with E-state index in [0.717, 1.165) is 172 Å². The van der Waals surface area contributed by atoms with E-state index in [1.807, 2.05) is 15.4 Å². The number of aromatic nitrogens is 12. The van der Waals surface area contributed by atoms with Gasteiger partial charge in [0.2, 0.25) is 39.4 Å². The van der Waals surface area contributed by atoms with Gasteiger partial charge in [0.15, 0.2) is 20.4 Å². The maximum absolute atomic E-state index is 12.8. The van der Waals surface area contributed by atoms with Gasteiger partial charge in [-0.1, -0.05) is 78.8 Å². The van der Waals surface area contributed by atoms with Crippen LogP contribution in [0.15, 0.2) is 97.5 Å². The third-order valence-electron chi connectivity index (χ3n) is 19.2. The Kier molecular flexibility index (Phi) is 34.3. The fourth-order valence-electron chi connectivity index (χ4n) is 13.8. The molecule has 624 valence electrons. The zero-order valence-electron chi connectivity index (χ0n) is 62.9. The first-order valence-electron chi connectivity index (χ1n) is 37.4. The highest BCUT2D eigenvalue weighted by atomic mass is 79.9. The molecule has 3 aromatic carbocycles. The Balaban J connectivity index is 0.000000157. The van der Waals surface area contributed by atoms with Crippen molar-refractivity contribution >= 4 is 130 Å². The van der Waals surface area contributed by atoms with E-state index in [9.17, 15) is 34.8 Å². The molecular formula is C73H97Br3Cl3N17O15S3. The first kappa shape index (κ1) is 90.5. The van der Waals surface area contributed by atoms with Crippen LogP contribution in [0.4, 0.5) is 16.2 Å². The summed E-state index contributed by atoms with van der Waals surface area (Å²) in [6.07, 6.45) is 34.7. The van der Waals surface area contributed by atoms with Crippen molar-refractivity contribution in [3.8, 4) is 35.1 Å². The van der Waals surface area contributed by atoms with Crippen LogP contribution >= 0.6 is 82.6 Å². The molecule has 0 spiro atoms. The van der Waals surface area contributed by atoms with E-state index in [0.29, 0.717) is 39.5 Å². The van der Waals surface area contributed by atoms with Crippen molar-refractivity contribution in [1.29, 1.82) is 0 Å². The molecular weight excluding hydrogens is 1800 g/mol. The number of benzene rings is 3. The highest BCUT2D eigenvalue weighted by Crippen LogP contribution is 2.42. The van der Waals surface area contributed by atoms with Gasteiger partial charge in [-0.2, -0.15) is 33.9 Å². The smallest absolute Gasteiger partial charge is 0.346 e. The second-order valence-corrected chi connectivity index (χ2v) is 35.6. The number of aromatic amines is 2. The van der Waals surface area contributed by atoms with Gasteiger partial charge in [-0.3, -0.25) is 9.89 Å². The molecule has 9 aromatic rings. The second-order valence-electron chi connectivity index (χ2n) is 27.2. The fraction of sp³-hybridized carbons (Fsp3) is 0.493. The van der Waals surface area contributed by atoms with Crippen LogP contribution in [0.2, 0.25) is 15.1 Å². The number of rotatable bonds is 10. The number of nitrogens with one attached hydrogen (secondary N) is 4. The number of halogens is 6. The standard InChI is InChI=1S/C20H24N4O4S.C13H11Cl3N2O4S.C12H15N.C7H9BrN2O.C7H11N3O3S.C7H10N2O.C4H8Br2.C3H4N2O.H3N.H2O/c25-20(22-18-15-7-3-5-13(15)11-14-6-4-8-16(14)18)23-29(26,27)17-12-21-24-9-1-2-10-28-19(17)24;14-8-5-9(15)12(10(16)6-8)22-23(19,20)11-7-17-18-3-1-2-4-21-13(11)18;13-12-10-5-1-3-8(10)7-9-4-2-6-11(9)12;8-6-5-9-10-3-1-2-4-11-7(6)10;8-14(11,12)6-5-9-10-3-1-2-4-13-7(6)10;1-2-6-10-7-3-4-8-9(7)5-1;5-3-1-2-4-6;6-3-1-2-4-5-3;;/h11-12H,1-10H2,(H2,22,23,25);5-7H,1-4H2;7H,1-6,13H2;5H,1-4H2;5H,1-4H2,(H2,8,11,12);3-4H,1-2,5-6H2;1-4H2;1-2H,(H2,4,5,6);1H3;1H2. The van der Waals surface area contributed by atoms with E-state index >= 15 is 0 Å². The molecule has 114 heavy (non-hydrogen) atoms. The van der Waals surface area contributed by atoms with E-state index in [4.69, 9.17) is 73.5 Å². The molecule has 41 heteroatoms. The molecule has 18 rings (SSSR count). The van der Waals surface area contributed by atoms with E-state index in [1.165, 1.54) is 142 Å². The average molecular weight is 1890 g/mol. The van der Waals surface area contributed by atoms with E-state index < -0.39 is 36.2 Å². The molecule has 0 saturated carbocycles. The Morgan fingerprint density at radius 2 is 0.956 bits per heavy atom. The molecule has 0 saturated heterocycles. The number of alkyl halides is 2. The Labute approximate surface area is 702 Å². The van der Waals surface area contributed by atoms with Crippen LogP contribution in [-0.2, 0) is 114 Å². The van der Waals surface area contributed by atoms with E-state index in [2.05, 4.69) is 106 Å². The number of H-pyrrole nitrogens is 2. The van der Waals surface area contributed by atoms with Gasteiger partial charge in [-0.15, -0.1) is 0 Å². The van der Waals surface area contributed by atoms with Crippen LogP contribution in [0.3, 0.4) is 0 Å². The summed E-state index contributed by atoms with van der Waals surface area (Å²) in [6.45, 7) is 6.82. The average Bonchev–Trinajstić information content (AvgIpc) is 1.61. The molecule has 0 atom stereocenters. The normalized spacial score (nSPS) is 15.7. The number of carbonyl (C=O) groups is 1. The first-order chi connectivity index (χ1) is 54.0. The largest absolute Gasteiger partial charge is 0.478 e. The molecule has 0 bridgehead atoms. The summed E-state index contributed by atoms with van der Waals surface area (Å²) in [5.41, 5.74) is 18.9. The summed E-state index contributed by atoms with van der Waals surface area (Å²) in [6, 6.07) is 9.95. The third kappa shape index (κ3) is 23.9. The van der Waals surface area contributed by atoms with Crippen LogP contribution < -0.4 is 60.5 Å². The highest BCUT2D eigenvalue weighted by molar-refractivity contribution is 9.10. The number of nitrogen functional groups attached to an aromatic ring is 1. The maximum atomic E-state index is 12.8. The zero-order chi connectivity index (χ0) is 79.4. The molecule has 6 aromatic heterocycles. The second kappa shape index (κ2) is 43.2. The lowest BCUT2D eigenvalue weighted by molar-refractivity contribution is 0.256. The minimum Gasteiger partial charge on any atom is -0.478 e. The quantitative estimate of drug-likeness (QED) is 0.0289. The fourth-order valence-corrected chi connectivity index (χ4v) is 18.7. The van der Waals surface area contributed by atoms with Gasteiger partial charge in [-0.05, 0) is 227 Å². The number of urea groups is 1. The summed E-state index contributed by atoms with van der Waals surface area (Å²) in [7, 11) is -12.0. The Bertz CT molecular complexity index is 4980. The first-order valence-corrected chi connectivity index (χ1v) is 46.0. The van der Waals surface area contributed by atoms with Gasteiger partial charge in [0.25, 0.3) is 15.6 Å². The molecule has 0 fully saturated rings. The number of anilines is 2. The monoisotopic (exact) mass is 1890 g/mol. The lowest BCUT2D eigenvalue weighted by Crippen LogP contribution is -2.35. The number of aryl methyl sites for hydroxylation is 9. The number of hydrogen-bond acceptors (Lipinski definition) is 21. The molecule has 0 radical (unpaired) electrons. The summed E-state index contributed by atoms with van der Waals surface area (Å²) in [5.74, 6) is 2.23. The number of primary sulfonamides is 1. The molecule has 32 nitrogen and oxygen atoms in total. The third-order valence-corrected chi connectivity index (χ3v) is 25.1. The van der Waals surface area contributed by atoms with Gasteiger partial charge < -0.3 is 55.6 Å². The van der Waals surface area contributed by atoms with Gasteiger partial charge in [-0.25, -0.2) is 54.9 Å². The van der Waals surface area contributed by atoms with Crippen LogP contribution in [0.5, 0.6) is 35.1 Å². The van der Waals surface area contributed by atoms with Crippen LogP contribution in [0.25, 0.3) is 0 Å². The minimum atomic E-state index is -4.21. The van der Waals surface area contributed by atoms with E-state index in [1.54, 1.807) is 18.6 Å². The number of ether oxygens (including phenoxy) is 5. The zero-order valence-corrected chi connectivity index (χ0v) is 72.4. The minimum absolute atomic E-state index is 0. The maximum Gasteiger partial charge on any atom is 0.346 e. The lowest BCUT2D eigenvalue weighted by atomic mass is 9.99. The molecule has 5 aliphatic heterocycles. The van der Waals surface area contributed by atoms with Crippen molar-refractivity contribution in [2.24, 2.45) is 5.14 Å². The van der Waals surface area contributed by atoms with Crippen LogP contribution in [0, 0.1) is 0 Å². The molecule has 11 heterocycles. The van der Waals surface area contributed by atoms with Crippen molar-refractivity contribution in [3.05, 3.63) is 148 Å². The number of hydrogen-bond donors (Lipinski definition) is 7. The SMILES string of the molecule is BrCCCCBr.Brc1cnn2c1OCCCC2.N.NS(=O)(=O)c1cnn2c1OCCCC2.Nc1c2c(cc3c1CCC3)CCC2.O.O=C(Nc1c2c(cc3c1CCC3)CCC2)NS(=O)(=O)c1cnn2c1OCCCC2.O=S(=O)(Oc1c(Cl)cc(Cl)cc1Cl)c1cnn2c1OCCCC2.O=c1cc[nH][nH]1.c1cc2n(n1)CCCCO2. The van der Waals surface area contributed by atoms with Gasteiger partial charge in [0.1, 0.15) is 0 Å². The molecule has 4 aliphatic carbocycles. The summed E-state index contributed by atoms with van der Waals surface area (Å²) >= 11 is 27.8. The highest BCUT2D eigenvalue weighted by Gasteiger charge is 2.33. The van der Waals surface area contributed by atoms with Gasteiger partial charge in [0.05, 0.1) is 78.5 Å². The number of fused-ring (bicyclic) bond motifs is 9. The number of nitrogens with two attached hydrogens (primary N) is 2. The lowest BCUT2D eigenvalue weighted by Gasteiger charge is -2.16. The Morgan fingerprint density at radius 3 is 1.42 bits per heavy atom. The van der Waals surface area contributed by atoms with Crippen LogP contribution in [-0.4, -0.2) is 140 Å². The van der Waals surface area contributed by atoms with Gasteiger partial charge in [0, 0.05) is 78.1 Å². The summed E-state index contributed by atoms with van der Waals surface area (Å²) in [4.78, 5) is 22.4. The number of unbranched alkanes of at least 4 members (excludes halogenated alkanes) is 1. The predicted molar refractivity (Wildman–Crippen MR) is 445 cm³/mol. The predicted octanol–water partition coefficient (Wildman–Crippen LogP) is 12.7. The molecule has 0 unspecified atom stereocenters. The van der Waals surface area contributed by atoms with Crippen molar-refractivity contribution in [2.75, 3.05) is 54.7 Å². The topological polar surface area (TPSA) is 455 Å². The summed E-state index contributed by atoms with van der Waals surface area (Å²) < 4.78 is 117. The number of carbonyl (C=O) groups excluding carboxylic acids is 1. The number of sulfonamides is 2. The Morgan fingerprint density at radius 1 is 0.535 bits per heavy atom. The van der Waals surface area contributed by atoms with Crippen molar-refractivity contribution < 1.29 is 63.4 Å². The molecule has 9 aliphatic rings. The van der Waals surface area contributed by atoms with E-state index in [-0.39, 0.29) is 70.3 Å². The molecule has 2 amide bonds. The van der Waals surface area contributed by atoms with Gasteiger partial charge >= 0.3 is 16.1 Å². The van der Waals surface area contributed by atoms with Crippen molar-refractivity contribution in [3.63, 3.8) is 0 Å². The molecule has 13 N–H and O–H groups in total. The summed E-state index contributed by atoms with van der Waals surface area (Å²) in [5, 5.41) is 35.5. The van der Waals surface area contributed by atoms with Crippen molar-refractivity contribution in [1.82, 2.24) is 70.0 Å². The van der Waals surface area contributed by atoms with Crippen molar-refractivity contribution in [2.45, 2.75) is 202 Å². The number of nitrogens with zero attached hydrogens (tertiary/aromatic N) is 10. The van der Waals surface area contributed by atoms with Crippen LogP contribution in [0.1, 0.15) is 147 Å². The number of amides is 2.